The average Bonchev–Trinajstić information content (AvgIpc) is 3.01. The molecular formula is C23H28N4O. The molecular weight excluding hydrogens is 348 g/mol. The summed E-state index contributed by atoms with van der Waals surface area (Å²) >= 11 is 0. The lowest BCUT2D eigenvalue weighted by molar-refractivity contribution is 0.0951. The van der Waals surface area contributed by atoms with Crippen LogP contribution < -0.4 is 5.32 Å². The van der Waals surface area contributed by atoms with E-state index in [1.165, 1.54) is 43.5 Å². The molecule has 0 saturated carbocycles. The topological polar surface area (TPSA) is 50.2 Å². The first-order valence-electron chi connectivity index (χ1n) is 10.1. The van der Waals surface area contributed by atoms with E-state index in [1.807, 2.05) is 42.8 Å². The van der Waals surface area contributed by atoms with Crippen LogP contribution in [-0.2, 0) is 20.1 Å². The van der Waals surface area contributed by atoms with Gasteiger partial charge in [0.2, 0.25) is 0 Å². The van der Waals surface area contributed by atoms with Gasteiger partial charge in [-0.05, 0) is 62.2 Å². The molecule has 1 saturated heterocycles. The number of carbonyl (C=O) groups is 1. The van der Waals surface area contributed by atoms with Crippen molar-refractivity contribution in [1.29, 1.82) is 0 Å². The van der Waals surface area contributed by atoms with E-state index in [4.69, 9.17) is 0 Å². The number of hydrogen-bond acceptors (Lipinski definition) is 3. The molecule has 1 aliphatic heterocycles. The van der Waals surface area contributed by atoms with E-state index in [0.29, 0.717) is 12.1 Å². The number of benzene rings is 2. The van der Waals surface area contributed by atoms with E-state index in [1.54, 1.807) is 0 Å². The smallest absolute Gasteiger partial charge is 0.251 e. The molecule has 1 aromatic heterocycles. The van der Waals surface area contributed by atoms with Crippen molar-refractivity contribution < 1.29 is 4.79 Å². The maximum Gasteiger partial charge on any atom is 0.251 e. The van der Waals surface area contributed by atoms with Gasteiger partial charge in [-0.1, -0.05) is 30.7 Å². The Kier molecular flexibility index (Phi) is 5.44. The van der Waals surface area contributed by atoms with E-state index in [0.717, 1.165) is 23.4 Å². The van der Waals surface area contributed by atoms with Crippen molar-refractivity contribution in [3.05, 3.63) is 65.0 Å². The molecule has 2 aromatic carbocycles. The van der Waals surface area contributed by atoms with Gasteiger partial charge in [0, 0.05) is 25.7 Å². The molecule has 3 aromatic rings. The van der Waals surface area contributed by atoms with Gasteiger partial charge in [-0.3, -0.25) is 9.69 Å². The van der Waals surface area contributed by atoms with E-state index in [9.17, 15) is 4.79 Å². The second-order valence-electron chi connectivity index (χ2n) is 7.71. The van der Waals surface area contributed by atoms with E-state index in [-0.39, 0.29) is 5.91 Å². The van der Waals surface area contributed by atoms with Gasteiger partial charge in [-0.15, -0.1) is 0 Å². The van der Waals surface area contributed by atoms with Crippen LogP contribution in [0.3, 0.4) is 0 Å². The summed E-state index contributed by atoms with van der Waals surface area (Å²) in [4.78, 5) is 19.7. The lowest BCUT2D eigenvalue weighted by atomic mass is 10.0. The second-order valence-corrected chi connectivity index (χ2v) is 7.71. The normalized spacial score (nSPS) is 15.1. The molecule has 5 heteroatoms. The number of likely N-dealkylation sites (tertiary alicyclic amines) is 1. The zero-order valence-electron chi connectivity index (χ0n) is 16.7. The highest BCUT2D eigenvalue weighted by Gasteiger charge is 2.14. The van der Waals surface area contributed by atoms with Crippen molar-refractivity contribution >= 4 is 16.9 Å². The van der Waals surface area contributed by atoms with Gasteiger partial charge in [0.05, 0.1) is 11.0 Å². The average molecular weight is 377 g/mol. The molecule has 4 rings (SSSR count). The maximum atomic E-state index is 12.7. The van der Waals surface area contributed by atoms with Gasteiger partial charge < -0.3 is 9.88 Å². The molecule has 2 heterocycles. The Labute approximate surface area is 166 Å². The van der Waals surface area contributed by atoms with Crippen LogP contribution in [0.15, 0.2) is 42.5 Å². The molecule has 5 nitrogen and oxygen atoms in total. The van der Waals surface area contributed by atoms with Crippen LogP contribution >= 0.6 is 0 Å². The van der Waals surface area contributed by atoms with Crippen LogP contribution in [0, 0.1) is 6.92 Å². The molecule has 1 N–H and O–H groups in total. The summed E-state index contributed by atoms with van der Waals surface area (Å²) < 4.78 is 2.04. The first kappa shape index (κ1) is 18.7. The summed E-state index contributed by atoms with van der Waals surface area (Å²) in [5, 5.41) is 3.09. The first-order chi connectivity index (χ1) is 13.6. The number of imidazole rings is 1. The zero-order chi connectivity index (χ0) is 19.5. The van der Waals surface area contributed by atoms with Gasteiger partial charge in [-0.25, -0.2) is 4.98 Å². The Bertz CT molecular complexity index is 985. The predicted molar refractivity (Wildman–Crippen MR) is 112 cm³/mol. The minimum absolute atomic E-state index is 0.0574. The number of nitrogens with one attached hydrogen (secondary N) is 1. The third-order valence-corrected chi connectivity index (χ3v) is 5.77. The Morgan fingerprint density at radius 3 is 2.61 bits per heavy atom. The monoisotopic (exact) mass is 376 g/mol. The van der Waals surface area contributed by atoms with Gasteiger partial charge in [0.25, 0.3) is 5.91 Å². The van der Waals surface area contributed by atoms with Gasteiger partial charge in [0.15, 0.2) is 0 Å². The lowest BCUT2D eigenvalue weighted by Crippen LogP contribution is -2.30. The minimum Gasteiger partial charge on any atom is -0.348 e. The van der Waals surface area contributed by atoms with Crippen molar-refractivity contribution in [3.8, 4) is 0 Å². The number of aryl methyl sites for hydroxylation is 2. The fourth-order valence-electron chi connectivity index (χ4n) is 3.98. The number of hydrogen-bond donors (Lipinski definition) is 1. The largest absolute Gasteiger partial charge is 0.348 e. The standard InChI is InChI=1S/C23H28N4O/c1-17-25-21-14-18(10-11-22(21)26(17)2)23(28)24-15-19-8-4-5-9-20(19)16-27-12-6-3-7-13-27/h4-5,8-11,14H,3,6-7,12-13,15-16H2,1-2H3,(H,24,28). The summed E-state index contributed by atoms with van der Waals surface area (Å²) in [7, 11) is 1.99. The number of fused-ring (bicyclic) bond motifs is 1. The third-order valence-electron chi connectivity index (χ3n) is 5.77. The molecule has 1 amide bonds. The molecule has 146 valence electrons. The van der Waals surface area contributed by atoms with Crippen LogP contribution in [0.2, 0.25) is 0 Å². The molecule has 0 bridgehead atoms. The van der Waals surface area contributed by atoms with Gasteiger partial charge in [-0.2, -0.15) is 0 Å². The van der Waals surface area contributed by atoms with E-state index in [2.05, 4.69) is 33.4 Å². The summed E-state index contributed by atoms with van der Waals surface area (Å²) in [6.07, 6.45) is 3.91. The summed E-state index contributed by atoms with van der Waals surface area (Å²) in [6, 6.07) is 14.1. The fourth-order valence-corrected chi connectivity index (χ4v) is 3.98. The second kappa shape index (κ2) is 8.15. The van der Waals surface area contributed by atoms with Crippen LogP contribution in [-0.4, -0.2) is 33.4 Å². The number of piperidine rings is 1. The summed E-state index contributed by atoms with van der Waals surface area (Å²) in [5.74, 6) is 0.886. The Hall–Kier alpha value is -2.66. The van der Waals surface area contributed by atoms with Crippen molar-refractivity contribution in [1.82, 2.24) is 19.8 Å². The molecule has 0 aliphatic carbocycles. The van der Waals surface area contributed by atoms with Gasteiger partial charge >= 0.3 is 0 Å². The van der Waals surface area contributed by atoms with Gasteiger partial charge in [0.1, 0.15) is 5.82 Å². The van der Waals surface area contributed by atoms with Crippen LogP contribution in [0.1, 0.15) is 46.6 Å². The number of carbonyl (C=O) groups excluding carboxylic acids is 1. The number of nitrogens with zero attached hydrogens (tertiary/aromatic N) is 3. The van der Waals surface area contributed by atoms with Crippen LogP contribution in [0.5, 0.6) is 0 Å². The third kappa shape index (κ3) is 3.94. The molecule has 28 heavy (non-hydrogen) atoms. The zero-order valence-corrected chi connectivity index (χ0v) is 16.7. The molecule has 1 fully saturated rings. The minimum atomic E-state index is -0.0574. The quantitative estimate of drug-likeness (QED) is 0.737. The number of rotatable bonds is 5. The van der Waals surface area contributed by atoms with E-state index < -0.39 is 0 Å². The lowest BCUT2D eigenvalue weighted by Gasteiger charge is -2.27. The number of amides is 1. The number of aromatic nitrogens is 2. The van der Waals surface area contributed by atoms with Crippen molar-refractivity contribution in [2.24, 2.45) is 7.05 Å². The molecule has 1 aliphatic rings. The molecule has 0 radical (unpaired) electrons. The van der Waals surface area contributed by atoms with Crippen LogP contribution in [0.4, 0.5) is 0 Å². The molecule has 0 spiro atoms. The SMILES string of the molecule is Cc1nc2cc(C(=O)NCc3ccccc3CN3CCCCC3)ccc2n1C. The molecule has 0 unspecified atom stereocenters. The van der Waals surface area contributed by atoms with Crippen LogP contribution in [0.25, 0.3) is 11.0 Å². The first-order valence-corrected chi connectivity index (χ1v) is 10.1. The predicted octanol–water partition coefficient (Wildman–Crippen LogP) is 3.80. The van der Waals surface area contributed by atoms with Crippen molar-refractivity contribution in [2.75, 3.05) is 13.1 Å². The summed E-state index contributed by atoms with van der Waals surface area (Å²) in [5.41, 5.74) is 5.05. The highest BCUT2D eigenvalue weighted by molar-refractivity contribution is 5.97. The maximum absolute atomic E-state index is 12.7. The molecule has 0 atom stereocenters. The fraction of sp³-hybridized carbons (Fsp3) is 0.391. The Morgan fingerprint density at radius 2 is 1.82 bits per heavy atom. The highest BCUT2D eigenvalue weighted by Crippen LogP contribution is 2.18. The Morgan fingerprint density at radius 1 is 1.07 bits per heavy atom. The van der Waals surface area contributed by atoms with Crippen molar-refractivity contribution in [3.63, 3.8) is 0 Å². The van der Waals surface area contributed by atoms with Crippen molar-refractivity contribution in [2.45, 2.75) is 39.3 Å². The summed E-state index contributed by atoms with van der Waals surface area (Å²) in [6.45, 7) is 5.82. The Balaban J connectivity index is 1.45. The highest BCUT2D eigenvalue weighted by atomic mass is 16.1. The van der Waals surface area contributed by atoms with E-state index >= 15 is 0 Å².